The molecule has 1 saturated carbocycles. The predicted molar refractivity (Wildman–Crippen MR) is 150 cm³/mol. The second kappa shape index (κ2) is 12.8. The van der Waals surface area contributed by atoms with E-state index in [2.05, 4.69) is 34.7 Å². The van der Waals surface area contributed by atoms with Gasteiger partial charge in [-0.1, -0.05) is 49.0 Å². The van der Waals surface area contributed by atoms with E-state index in [-0.39, 0.29) is 5.91 Å². The summed E-state index contributed by atoms with van der Waals surface area (Å²) >= 11 is 12.2. The fourth-order valence-electron chi connectivity index (χ4n) is 4.98. The van der Waals surface area contributed by atoms with Crippen molar-refractivity contribution in [3.63, 3.8) is 0 Å². The number of carbonyl (C=O) groups is 1. The van der Waals surface area contributed by atoms with Crippen LogP contribution in [0.1, 0.15) is 55.5 Å². The monoisotopic (exact) mass is 529 g/mol. The molecule has 2 fully saturated rings. The van der Waals surface area contributed by atoms with Gasteiger partial charge in [0.1, 0.15) is 0 Å². The Bertz CT molecular complexity index is 1060. The van der Waals surface area contributed by atoms with Gasteiger partial charge in [0.15, 0.2) is 5.96 Å². The fraction of sp³-hybridized carbons (Fsp3) is 0.500. The van der Waals surface area contributed by atoms with Gasteiger partial charge in [0.2, 0.25) is 0 Å². The number of carbonyl (C=O) groups excluding carboxylic acids is 1. The van der Waals surface area contributed by atoms with Crippen LogP contribution >= 0.6 is 23.2 Å². The number of anilines is 1. The van der Waals surface area contributed by atoms with Crippen molar-refractivity contribution in [2.45, 2.75) is 58.0 Å². The second-order valence-corrected chi connectivity index (χ2v) is 11.0. The molecule has 2 aromatic rings. The molecule has 0 aromatic heterocycles. The Hall–Kier alpha value is -2.28. The molecule has 1 aliphatic carbocycles. The van der Waals surface area contributed by atoms with Gasteiger partial charge >= 0.3 is 0 Å². The summed E-state index contributed by atoms with van der Waals surface area (Å²) in [5.41, 5.74) is 2.52. The lowest BCUT2D eigenvalue weighted by Crippen LogP contribution is -2.53. The zero-order chi connectivity index (χ0) is 25.5. The topological polar surface area (TPSA) is 68.8 Å². The summed E-state index contributed by atoms with van der Waals surface area (Å²) in [7, 11) is 0. The average Bonchev–Trinajstić information content (AvgIpc) is 2.85. The van der Waals surface area contributed by atoms with Crippen LogP contribution in [0.5, 0.6) is 0 Å². The third kappa shape index (κ3) is 7.61. The van der Waals surface area contributed by atoms with Crippen molar-refractivity contribution in [2.24, 2.45) is 10.9 Å². The van der Waals surface area contributed by atoms with Gasteiger partial charge in [-0.2, -0.15) is 0 Å². The zero-order valence-corrected chi connectivity index (χ0v) is 22.7. The van der Waals surface area contributed by atoms with E-state index in [0.29, 0.717) is 40.7 Å². The minimum absolute atomic E-state index is 0.104. The summed E-state index contributed by atoms with van der Waals surface area (Å²) in [6.45, 7) is 7.83. The number of hydrogen-bond acceptors (Lipinski definition) is 3. The first-order chi connectivity index (χ1) is 17.4. The molecule has 1 saturated heterocycles. The third-order valence-electron chi connectivity index (χ3n) is 6.98. The van der Waals surface area contributed by atoms with Crippen molar-refractivity contribution in [1.29, 1.82) is 0 Å². The standard InChI is InChI=1S/C28H37Cl2N5O/c1-19-4-3-5-25(16-19)34-28(35-15-14-31-20(2)18-35)33-24-10-7-22(8-11-24)27(36)32-13-12-21-6-9-23(29)17-26(21)30/h6-11,17,19-20,25,31H,3-5,12-16,18H2,1-2H3,(H,32,36)(H,33,34)/t19?,20-,25?/m0/s1. The normalized spacial score (nSPS) is 22.8. The highest BCUT2D eigenvalue weighted by Gasteiger charge is 2.23. The van der Waals surface area contributed by atoms with E-state index in [9.17, 15) is 4.79 Å². The van der Waals surface area contributed by atoms with Crippen LogP contribution in [0.3, 0.4) is 0 Å². The van der Waals surface area contributed by atoms with Crippen LogP contribution in [-0.4, -0.2) is 55.0 Å². The number of guanidine groups is 1. The summed E-state index contributed by atoms with van der Waals surface area (Å²) in [5.74, 6) is 1.57. The average molecular weight is 531 g/mol. The minimum Gasteiger partial charge on any atom is -0.352 e. The summed E-state index contributed by atoms with van der Waals surface area (Å²) in [6.07, 6.45) is 5.49. The van der Waals surface area contributed by atoms with Crippen LogP contribution in [0.2, 0.25) is 10.0 Å². The van der Waals surface area contributed by atoms with E-state index in [1.165, 1.54) is 12.8 Å². The quantitative estimate of drug-likeness (QED) is 0.336. The number of benzene rings is 2. The van der Waals surface area contributed by atoms with Crippen molar-refractivity contribution >= 4 is 40.8 Å². The highest BCUT2D eigenvalue weighted by molar-refractivity contribution is 6.35. The van der Waals surface area contributed by atoms with Crippen LogP contribution in [0.4, 0.5) is 5.69 Å². The number of piperazine rings is 1. The van der Waals surface area contributed by atoms with Gasteiger partial charge in [-0.3, -0.25) is 4.79 Å². The zero-order valence-electron chi connectivity index (χ0n) is 21.2. The van der Waals surface area contributed by atoms with Crippen molar-refractivity contribution in [1.82, 2.24) is 15.5 Å². The number of nitrogens with one attached hydrogen (secondary N) is 3. The van der Waals surface area contributed by atoms with Gasteiger partial charge < -0.3 is 20.9 Å². The molecule has 2 aliphatic rings. The maximum absolute atomic E-state index is 12.7. The van der Waals surface area contributed by atoms with E-state index in [1.54, 1.807) is 6.07 Å². The lowest BCUT2D eigenvalue weighted by Gasteiger charge is -2.35. The van der Waals surface area contributed by atoms with Crippen LogP contribution < -0.4 is 16.0 Å². The SMILES string of the molecule is CC1CCCC(N=C(Nc2ccc(C(=O)NCCc3ccc(Cl)cc3Cl)cc2)N2CCN[C@@H](C)C2)C1. The molecule has 194 valence electrons. The van der Waals surface area contributed by atoms with Crippen LogP contribution in [0.25, 0.3) is 0 Å². The van der Waals surface area contributed by atoms with E-state index in [0.717, 1.165) is 55.6 Å². The number of amides is 1. The molecule has 36 heavy (non-hydrogen) atoms. The highest BCUT2D eigenvalue weighted by atomic mass is 35.5. The van der Waals surface area contributed by atoms with Gasteiger partial charge in [0.05, 0.1) is 6.04 Å². The van der Waals surface area contributed by atoms with Crippen LogP contribution in [0, 0.1) is 5.92 Å². The third-order valence-corrected chi connectivity index (χ3v) is 7.57. The molecule has 8 heteroatoms. The Balaban J connectivity index is 1.37. The number of halogens is 2. The molecule has 1 heterocycles. The lowest BCUT2D eigenvalue weighted by atomic mass is 9.87. The van der Waals surface area contributed by atoms with E-state index >= 15 is 0 Å². The van der Waals surface area contributed by atoms with Crippen molar-refractivity contribution in [3.05, 3.63) is 63.6 Å². The largest absolute Gasteiger partial charge is 0.352 e. The second-order valence-electron chi connectivity index (χ2n) is 10.1. The van der Waals surface area contributed by atoms with E-state index in [4.69, 9.17) is 28.2 Å². The first kappa shape index (κ1) is 26.8. The molecular formula is C28H37Cl2N5O. The number of rotatable bonds is 6. The molecule has 0 spiro atoms. The van der Waals surface area contributed by atoms with Gasteiger partial charge in [0.25, 0.3) is 5.91 Å². The first-order valence-electron chi connectivity index (χ1n) is 13.0. The smallest absolute Gasteiger partial charge is 0.251 e. The molecule has 4 rings (SSSR count). The number of nitrogens with zero attached hydrogens (tertiary/aromatic N) is 2. The molecule has 2 aromatic carbocycles. The lowest BCUT2D eigenvalue weighted by molar-refractivity contribution is 0.0954. The summed E-state index contributed by atoms with van der Waals surface area (Å²) in [5, 5.41) is 11.3. The Kier molecular flexibility index (Phi) is 9.52. The maximum atomic E-state index is 12.7. The van der Waals surface area contributed by atoms with Crippen LogP contribution in [0.15, 0.2) is 47.5 Å². The Morgan fingerprint density at radius 2 is 1.94 bits per heavy atom. The molecule has 0 radical (unpaired) electrons. The number of aliphatic imine (C=N–C) groups is 1. The van der Waals surface area contributed by atoms with Gasteiger partial charge in [-0.05, 0) is 74.1 Å². The Labute approximate surface area is 224 Å². The number of hydrogen-bond donors (Lipinski definition) is 3. The molecule has 1 aliphatic heterocycles. The molecule has 3 atom stereocenters. The fourth-order valence-corrected chi connectivity index (χ4v) is 5.48. The minimum atomic E-state index is -0.104. The molecule has 6 nitrogen and oxygen atoms in total. The molecular weight excluding hydrogens is 493 g/mol. The molecule has 1 amide bonds. The summed E-state index contributed by atoms with van der Waals surface area (Å²) in [4.78, 5) is 20.2. The maximum Gasteiger partial charge on any atom is 0.251 e. The van der Waals surface area contributed by atoms with Crippen molar-refractivity contribution < 1.29 is 4.79 Å². The van der Waals surface area contributed by atoms with Gasteiger partial charge in [-0.25, -0.2) is 4.99 Å². The molecule has 3 N–H and O–H groups in total. The Morgan fingerprint density at radius 1 is 1.14 bits per heavy atom. The molecule has 0 bridgehead atoms. The van der Waals surface area contributed by atoms with E-state index in [1.807, 2.05) is 36.4 Å². The van der Waals surface area contributed by atoms with Crippen molar-refractivity contribution in [3.8, 4) is 0 Å². The van der Waals surface area contributed by atoms with Gasteiger partial charge in [-0.15, -0.1) is 0 Å². The van der Waals surface area contributed by atoms with Gasteiger partial charge in [0, 0.05) is 53.5 Å². The van der Waals surface area contributed by atoms with Crippen molar-refractivity contribution in [2.75, 3.05) is 31.5 Å². The summed E-state index contributed by atoms with van der Waals surface area (Å²) < 4.78 is 0. The first-order valence-corrected chi connectivity index (χ1v) is 13.8. The highest BCUT2D eigenvalue weighted by Crippen LogP contribution is 2.26. The van der Waals surface area contributed by atoms with Crippen LogP contribution in [-0.2, 0) is 6.42 Å². The van der Waals surface area contributed by atoms with E-state index < -0.39 is 0 Å². The summed E-state index contributed by atoms with van der Waals surface area (Å²) in [6, 6.07) is 13.8. The Morgan fingerprint density at radius 3 is 2.67 bits per heavy atom. The molecule has 2 unspecified atom stereocenters. The predicted octanol–water partition coefficient (Wildman–Crippen LogP) is 5.61.